The number of anilines is 1. The molecular formula is C12H15ClFN3O2. The van der Waals surface area contributed by atoms with E-state index >= 15 is 0 Å². The van der Waals surface area contributed by atoms with E-state index in [1.165, 1.54) is 6.07 Å². The molecule has 2 unspecified atom stereocenters. The van der Waals surface area contributed by atoms with E-state index in [-0.39, 0.29) is 22.4 Å². The van der Waals surface area contributed by atoms with E-state index in [0.717, 1.165) is 25.5 Å². The standard InChI is InChI=1S/C12H15ClFN3O2/c1-7-4-8(2-3-15-7)16-11-5-9(13)10(14)6-12(11)17(18)19/h5-8,15-16H,2-4H2,1H3. The highest BCUT2D eigenvalue weighted by Crippen LogP contribution is 2.31. The van der Waals surface area contributed by atoms with Crippen LogP contribution in [0.5, 0.6) is 0 Å². The third-order valence-corrected chi connectivity index (χ3v) is 3.51. The summed E-state index contributed by atoms with van der Waals surface area (Å²) in [6, 6.07) is 2.61. The molecule has 19 heavy (non-hydrogen) atoms. The van der Waals surface area contributed by atoms with Crippen LogP contribution in [-0.2, 0) is 0 Å². The van der Waals surface area contributed by atoms with Crippen molar-refractivity contribution in [3.63, 3.8) is 0 Å². The fraction of sp³-hybridized carbons (Fsp3) is 0.500. The lowest BCUT2D eigenvalue weighted by Crippen LogP contribution is -2.41. The van der Waals surface area contributed by atoms with E-state index < -0.39 is 10.7 Å². The van der Waals surface area contributed by atoms with E-state index in [9.17, 15) is 14.5 Å². The molecule has 1 aliphatic rings. The fourth-order valence-corrected chi connectivity index (χ4v) is 2.45. The summed E-state index contributed by atoms with van der Waals surface area (Å²) >= 11 is 5.69. The lowest BCUT2D eigenvalue weighted by molar-refractivity contribution is -0.384. The summed E-state index contributed by atoms with van der Waals surface area (Å²) in [6.07, 6.45) is 1.71. The molecule has 0 spiro atoms. The molecule has 1 fully saturated rings. The first-order valence-corrected chi connectivity index (χ1v) is 6.48. The van der Waals surface area contributed by atoms with Crippen LogP contribution in [0.25, 0.3) is 0 Å². The van der Waals surface area contributed by atoms with Crippen LogP contribution < -0.4 is 10.6 Å². The molecule has 1 aliphatic heterocycles. The summed E-state index contributed by atoms with van der Waals surface area (Å²) in [5.74, 6) is -0.780. The zero-order chi connectivity index (χ0) is 14.0. The Morgan fingerprint density at radius 3 is 2.95 bits per heavy atom. The Morgan fingerprint density at radius 1 is 1.58 bits per heavy atom. The molecule has 1 heterocycles. The number of hydrogen-bond acceptors (Lipinski definition) is 4. The molecule has 0 radical (unpaired) electrons. The first-order valence-electron chi connectivity index (χ1n) is 6.10. The third kappa shape index (κ3) is 3.33. The maximum atomic E-state index is 13.3. The molecule has 104 valence electrons. The number of piperidine rings is 1. The van der Waals surface area contributed by atoms with Crippen LogP contribution in [0.3, 0.4) is 0 Å². The van der Waals surface area contributed by atoms with Gasteiger partial charge in [0, 0.05) is 12.1 Å². The van der Waals surface area contributed by atoms with E-state index in [1.807, 2.05) is 0 Å². The smallest absolute Gasteiger partial charge is 0.295 e. The van der Waals surface area contributed by atoms with Gasteiger partial charge in [0.15, 0.2) is 0 Å². The third-order valence-electron chi connectivity index (χ3n) is 3.22. The molecule has 0 aliphatic carbocycles. The van der Waals surface area contributed by atoms with Gasteiger partial charge in [-0.1, -0.05) is 11.6 Å². The van der Waals surface area contributed by atoms with Crippen molar-refractivity contribution < 1.29 is 9.31 Å². The van der Waals surface area contributed by atoms with Gasteiger partial charge in [-0.25, -0.2) is 4.39 Å². The summed E-state index contributed by atoms with van der Waals surface area (Å²) in [5.41, 5.74) is -0.0106. The number of rotatable bonds is 3. The molecule has 0 saturated carbocycles. The quantitative estimate of drug-likeness (QED) is 0.662. The minimum atomic E-state index is -0.780. The molecule has 2 N–H and O–H groups in total. The van der Waals surface area contributed by atoms with Crippen LogP contribution in [-0.4, -0.2) is 23.6 Å². The number of nitro groups is 1. The highest BCUT2D eigenvalue weighted by molar-refractivity contribution is 6.31. The molecule has 1 saturated heterocycles. The average molecular weight is 288 g/mol. The predicted molar refractivity (Wildman–Crippen MR) is 72.2 cm³/mol. The second kappa shape index (κ2) is 5.71. The molecular weight excluding hydrogens is 273 g/mol. The van der Waals surface area contributed by atoms with Crippen molar-refractivity contribution in [3.8, 4) is 0 Å². The van der Waals surface area contributed by atoms with Gasteiger partial charge in [-0.05, 0) is 32.4 Å². The summed E-state index contributed by atoms with van der Waals surface area (Å²) in [4.78, 5) is 10.3. The van der Waals surface area contributed by atoms with Gasteiger partial charge in [0.25, 0.3) is 5.69 Å². The lowest BCUT2D eigenvalue weighted by Gasteiger charge is -2.29. The lowest BCUT2D eigenvalue weighted by atomic mass is 10.0. The highest BCUT2D eigenvalue weighted by atomic mass is 35.5. The monoisotopic (exact) mass is 287 g/mol. The highest BCUT2D eigenvalue weighted by Gasteiger charge is 2.23. The molecule has 1 aromatic rings. The van der Waals surface area contributed by atoms with Crippen molar-refractivity contribution in [2.24, 2.45) is 0 Å². The van der Waals surface area contributed by atoms with Crippen molar-refractivity contribution >= 4 is 23.0 Å². The number of hydrogen-bond donors (Lipinski definition) is 2. The summed E-state index contributed by atoms with van der Waals surface area (Å²) < 4.78 is 13.3. The van der Waals surface area contributed by atoms with Crippen molar-refractivity contribution in [1.82, 2.24) is 5.32 Å². The topological polar surface area (TPSA) is 67.2 Å². The van der Waals surface area contributed by atoms with Gasteiger partial charge in [0.1, 0.15) is 11.5 Å². The second-order valence-electron chi connectivity index (χ2n) is 4.76. The van der Waals surface area contributed by atoms with Crippen LogP contribution >= 0.6 is 11.6 Å². The number of nitrogens with zero attached hydrogens (tertiary/aromatic N) is 1. The minimum absolute atomic E-state index is 0.116. The van der Waals surface area contributed by atoms with Gasteiger partial charge in [-0.3, -0.25) is 10.1 Å². The normalized spacial score (nSPS) is 23.1. The Morgan fingerprint density at radius 2 is 2.32 bits per heavy atom. The van der Waals surface area contributed by atoms with Gasteiger partial charge >= 0.3 is 0 Å². The zero-order valence-electron chi connectivity index (χ0n) is 10.5. The van der Waals surface area contributed by atoms with Crippen LogP contribution in [0.2, 0.25) is 5.02 Å². The summed E-state index contributed by atoms with van der Waals surface area (Å²) in [5, 5.41) is 17.2. The summed E-state index contributed by atoms with van der Waals surface area (Å²) in [7, 11) is 0. The Bertz CT molecular complexity index is 498. The van der Waals surface area contributed by atoms with Crippen molar-refractivity contribution in [2.75, 3.05) is 11.9 Å². The fourth-order valence-electron chi connectivity index (χ4n) is 2.29. The van der Waals surface area contributed by atoms with Crippen LogP contribution in [0.15, 0.2) is 12.1 Å². The number of nitrogens with one attached hydrogen (secondary N) is 2. The molecule has 7 heteroatoms. The van der Waals surface area contributed by atoms with E-state index in [1.54, 1.807) is 0 Å². The number of halogens is 2. The van der Waals surface area contributed by atoms with E-state index in [4.69, 9.17) is 11.6 Å². The second-order valence-corrected chi connectivity index (χ2v) is 5.17. The Hall–Kier alpha value is -1.40. The molecule has 1 aromatic carbocycles. The van der Waals surface area contributed by atoms with E-state index in [0.29, 0.717) is 6.04 Å². The van der Waals surface area contributed by atoms with Crippen molar-refractivity contribution in [1.29, 1.82) is 0 Å². The van der Waals surface area contributed by atoms with Crippen LogP contribution in [0.1, 0.15) is 19.8 Å². The van der Waals surface area contributed by atoms with Crippen molar-refractivity contribution in [3.05, 3.63) is 33.1 Å². The van der Waals surface area contributed by atoms with Crippen LogP contribution in [0.4, 0.5) is 15.8 Å². The number of nitro benzene ring substituents is 1. The van der Waals surface area contributed by atoms with Gasteiger partial charge in [-0.2, -0.15) is 0 Å². The Balaban J connectivity index is 2.23. The molecule has 5 nitrogen and oxygen atoms in total. The van der Waals surface area contributed by atoms with Gasteiger partial charge in [0.2, 0.25) is 0 Å². The zero-order valence-corrected chi connectivity index (χ0v) is 11.2. The Labute approximate surface area is 115 Å². The first-order chi connectivity index (χ1) is 8.97. The largest absolute Gasteiger partial charge is 0.377 e. The minimum Gasteiger partial charge on any atom is -0.377 e. The van der Waals surface area contributed by atoms with E-state index in [2.05, 4.69) is 17.6 Å². The van der Waals surface area contributed by atoms with Gasteiger partial charge < -0.3 is 10.6 Å². The molecule has 0 aromatic heterocycles. The number of benzene rings is 1. The van der Waals surface area contributed by atoms with Crippen LogP contribution in [0, 0.1) is 15.9 Å². The predicted octanol–water partition coefficient (Wildman–Crippen LogP) is 2.94. The molecule has 2 rings (SSSR count). The maximum absolute atomic E-state index is 13.3. The first kappa shape index (κ1) is 14.0. The Kier molecular flexibility index (Phi) is 4.21. The maximum Gasteiger partial charge on any atom is 0.295 e. The van der Waals surface area contributed by atoms with Crippen molar-refractivity contribution in [2.45, 2.75) is 31.8 Å². The summed E-state index contributed by atoms with van der Waals surface area (Å²) in [6.45, 7) is 2.90. The molecule has 0 bridgehead atoms. The average Bonchev–Trinajstić information content (AvgIpc) is 2.33. The SMILES string of the molecule is CC1CC(Nc2cc(Cl)c(F)cc2[N+](=O)[O-])CCN1. The molecule has 2 atom stereocenters. The molecule has 0 amide bonds. The van der Waals surface area contributed by atoms with Gasteiger partial charge in [-0.15, -0.1) is 0 Å². The van der Waals surface area contributed by atoms with Gasteiger partial charge in [0.05, 0.1) is 16.0 Å².